The molecular formula is C17H25NOS. The third-order valence-corrected chi connectivity index (χ3v) is 4.85. The summed E-state index contributed by atoms with van der Waals surface area (Å²) in [5.41, 5.74) is 3.73. The predicted octanol–water partition coefficient (Wildman–Crippen LogP) is 4.21. The van der Waals surface area contributed by atoms with E-state index in [0.717, 1.165) is 30.7 Å². The Labute approximate surface area is 126 Å². The Morgan fingerprint density at radius 2 is 1.75 bits per heavy atom. The fraction of sp³-hybridized carbons (Fsp3) is 0.588. The van der Waals surface area contributed by atoms with Crippen molar-refractivity contribution in [1.82, 2.24) is 5.32 Å². The van der Waals surface area contributed by atoms with Crippen LogP contribution in [0.4, 0.5) is 0 Å². The maximum absolute atomic E-state index is 12.1. The van der Waals surface area contributed by atoms with Crippen LogP contribution in [-0.2, 0) is 12.8 Å². The third-order valence-electron chi connectivity index (χ3n) is 3.79. The van der Waals surface area contributed by atoms with Crippen LogP contribution in [0.5, 0.6) is 0 Å². The summed E-state index contributed by atoms with van der Waals surface area (Å²) in [6.07, 6.45) is 7.09. The smallest absolute Gasteiger partial charge is 0.252 e. The Balaban J connectivity index is 2.33. The Morgan fingerprint density at radius 1 is 1.10 bits per heavy atom. The topological polar surface area (TPSA) is 29.1 Å². The maximum Gasteiger partial charge on any atom is 0.252 e. The van der Waals surface area contributed by atoms with E-state index in [1.165, 1.54) is 41.7 Å². The lowest BCUT2D eigenvalue weighted by molar-refractivity contribution is 0.0954. The monoisotopic (exact) mass is 291 g/mol. The second-order valence-electron chi connectivity index (χ2n) is 5.43. The number of fused-ring (bicyclic) bond motifs is 1. The molecule has 1 aliphatic heterocycles. The van der Waals surface area contributed by atoms with Gasteiger partial charge in [0.15, 0.2) is 0 Å². The van der Waals surface area contributed by atoms with Gasteiger partial charge in [0.25, 0.3) is 5.91 Å². The summed E-state index contributed by atoms with van der Waals surface area (Å²) in [6.45, 7) is 5.22. The molecule has 0 aromatic heterocycles. The van der Waals surface area contributed by atoms with E-state index in [4.69, 9.17) is 0 Å². The third kappa shape index (κ3) is 3.78. The normalized spacial score (nSPS) is 14.6. The minimum absolute atomic E-state index is 0.102. The van der Waals surface area contributed by atoms with Crippen molar-refractivity contribution in [3.8, 4) is 0 Å². The van der Waals surface area contributed by atoms with Crippen LogP contribution in [0.1, 0.15) is 61.0 Å². The molecular weight excluding hydrogens is 266 g/mol. The first-order valence-electron chi connectivity index (χ1n) is 7.83. The number of amides is 1. The predicted molar refractivity (Wildman–Crippen MR) is 86.7 cm³/mol. The molecule has 0 aliphatic carbocycles. The lowest BCUT2D eigenvalue weighted by Gasteiger charge is -2.14. The van der Waals surface area contributed by atoms with Gasteiger partial charge in [0, 0.05) is 17.2 Å². The van der Waals surface area contributed by atoms with Gasteiger partial charge in [-0.2, -0.15) is 0 Å². The number of aryl methyl sites for hydroxylation is 2. The lowest BCUT2D eigenvalue weighted by Crippen LogP contribution is -2.24. The van der Waals surface area contributed by atoms with Crippen molar-refractivity contribution in [3.05, 3.63) is 28.8 Å². The van der Waals surface area contributed by atoms with E-state index < -0.39 is 0 Å². The van der Waals surface area contributed by atoms with Crippen LogP contribution in [0.15, 0.2) is 17.0 Å². The molecule has 3 heteroatoms. The van der Waals surface area contributed by atoms with Crippen molar-refractivity contribution in [2.45, 2.75) is 57.3 Å². The summed E-state index contributed by atoms with van der Waals surface area (Å²) in [5.74, 6) is 1.07. The van der Waals surface area contributed by atoms with Gasteiger partial charge in [-0.15, -0.1) is 11.8 Å². The molecule has 0 spiro atoms. The SMILES string of the molecule is CCCCc1cc2c(cc1CCCC)C(=O)NCCS2. The second-order valence-corrected chi connectivity index (χ2v) is 6.57. The highest BCUT2D eigenvalue weighted by Gasteiger charge is 2.18. The van der Waals surface area contributed by atoms with Crippen molar-refractivity contribution < 1.29 is 4.79 Å². The average Bonchev–Trinajstić information content (AvgIpc) is 2.64. The highest BCUT2D eigenvalue weighted by atomic mass is 32.2. The van der Waals surface area contributed by atoms with E-state index in [9.17, 15) is 4.79 Å². The van der Waals surface area contributed by atoms with Gasteiger partial charge in [-0.3, -0.25) is 4.79 Å². The molecule has 1 N–H and O–H groups in total. The second kappa shape index (κ2) is 7.72. The molecule has 1 aliphatic rings. The summed E-state index contributed by atoms with van der Waals surface area (Å²) in [5, 5.41) is 2.99. The van der Waals surface area contributed by atoms with E-state index >= 15 is 0 Å². The highest BCUT2D eigenvalue weighted by molar-refractivity contribution is 7.99. The van der Waals surface area contributed by atoms with Gasteiger partial charge < -0.3 is 5.32 Å². The van der Waals surface area contributed by atoms with E-state index in [0.29, 0.717) is 0 Å². The van der Waals surface area contributed by atoms with Gasteiger partial charge >= 0.3 is 0 Å². The van der Waals surface area contributed by atoms with E-state index in [2.05, 4.69) is 31.3 Å². The molecule has 0 radical (unpaired) electrons. The van der Waals surface area contributed by atoms with E-state index in [1.807, 2.05) is 11.8 Å². The minimum atomic E-state index is 0.102. The van der Waals surface area contributed by atoms with Gasteiger partial charge in [-0.25, -0.2) is 0 Å². The number of carbonyl (C=O) groups excluding carboxylic acids is 1. The molecule has 0 fully saturated rings. The van der Waals surface area contributed by atoms with Crippen LogP contribution in [0.3, 0.4) is 0 Å². The van der Waals surface area contributed by atoms with Gasteiger partial charge in [0.05, 0.1) is 5.56 Å². The van der Waals surface area contributed by atoms with Crippen molar-refractivity contribution in [2.24, 2.45) is 0 Å². The molecule has 0 atom stereocenters. The summed E-state index contributed by atoms with van der Waals surface area (Å²) in [7, 11) is 0. The molecule has 1 heterocycles. The Kier molecular flexibility index (Phi) is 5.96. The number of benzene rings is 1. The zero-order chi connectivity index (χ0) is 14.4. The van der Waals surface area contributed by atoms with Crippen LogP contribution >= 0.6 is 11.8 Å². The average molecular weight is 291 g/mol. The van der Waals surface area contributed by atoms with Gasteiger partial charge in [-0.1, -0.05) is 26.7 Å². The Hall–Kier alpha value is -0.960. The van der Waals surface area contributed by atoms with Crippen LogP contribution in [0.25, 0.3) is 0 Å². The first-order chi connectivity index (χ1) is 9.76. The quantitative estimate of drug-likeness (QED) is 0.850. The summed E-state index contributed by atoms with van der Waals surface area (Å²) in [4.78, 5) is 13.3. The number of thioether (sulfide) groups is 1. The van der Waals surface area contributed by atoms with E-state index in [1.54, 1.807) is 0 Å². The van der Waals surface area contributed by atoms with Crippen LogP contribution in [0, 0.1) is 0 Å². The molecule has 1 aromatic rings. The first kappa shape index (κ1) is 15.4. The van der Waals surface area contributed by atoms with Crippen molar-refractivity contribution in [3.63, 3.8) is 0 Å². The summed E-state index contributed by atoms with van der Waals surface area (Å²) < 4.78 is 0. The number of carbonyl (C=O) groups is 1. The molecule has 20 heavy (non-hydrogen) atoms. The van der Waals surface area contributed by atoms with Crippen molar-refractivity contribution >= 4 is 17.7 Å². The number of rotatable bonds is 6. The largest absolute Gasteiger partial charge is 0.351 e. The number of hydrogen-bond donors (Lipinski definition) is 1. The maximum atomic E-state index is 12.1. The molecule has 110 valence electrons. The molecule has 0 unspecified atom stereocenters. The van der Waals surface area contributed by atoms with Gasteiger partial charge in [0.2, 0.25) is 0 Å². The summed E-state index contributed by atoms with van der Waals surface area (Å²) >= 11 is 1.81. The summed E-state index contributed by atoms with van der Waals surface area (Å²) in [6, 6.07) is 4.44. The van der Waals surface area contributed by atoms with Gasteiger partial charge in [-0.05, 0) is 48.9 Å². The van der Waals surface area contributed by atoms with Crippen LogP contribution in [-0.4, -0.2) is 18.2 Å². The standard InChI is InChI=1S/C17H25NOS/c1-3-5-7-13-11-15-16(12-14(13)8-6-4-2)20-10-9-18-17(15)19/h11-12H,3-10H2,1-2H3,(H,18,19). The molecule has 0 bridgehead atoms. The zero-order valence-electron chi connectivity index (χ0n) is 12.6. The number of unbranched alkanes of at least 4 members (excludes halogenated alkanes) is 2. The molecule has 1 amide bonds. The fourth-order valence-corrected chi connectivity index (χ4v) is 3.54. The molecule has 1 aromatic carbocycles. The lowest BCUT2D eigenvalue weighted by atomic mass is 9.95. The molecule has 0 saturated carbocycles. The Bertz CT molecular complexity index is 470. The van der Waals surface area contributed by atoms with Crippen molar-refractivity contribution in [1.29, 1.82) is 0 Å². The molecule has 2 nitrogen and oxygen atoms in total. The highest BCUT2D eigenvalue weighted by Crippen LogP contribution is 2.29. The van der Waals surface area contributed by atoms with Gasteiger partial charge in [0.1, 0.15) is 0 Å². The first-order valence-corrected chi connectivity index (χ1v) is 8.81. The Morgan fingerprint density at radius 3 is 2.40 bits per heavy atom. The van der Waals surface area contributed by atoms with Crippen LogP contribution < -0.4 is 5.32 Å². The number of hydrogen-bond acceptors (Lipinski definition) is 2. The number of nitrogens with one attached hydrogen (secondary N) is 1. The van der Waals surface area contributed by atoms with Crippen molar-refractivity contribution in [2.75, 3.05) is 12.3 Å². The molecule has 0 saturated heterocycles. The minimum Gasteiger partial charge on any atom is -0.351 e. The zero-order valence-corrected chi connectivity index (χ0v) is 13.4. The van der Waals surface area contributed by atoms with E-state index in [-0.39, 0.29) is 5.91 Å². The molecule has 2 rings (SSSR count). The fourth-order valence-electron chi connectivity index (χ4n) is 2.58. The van der Waals surface area contributed by atoms with Crippen LogP contribution in [0.2, 0.25) is 0 Å².